The van der Waals surface area contributed by atoms with E-state index in [4.69, 9.17) is 14.2 Å². The van der Waals surface area contributed by atoms with Gasteiger partial charge in [-0.2, -0.15) is 0 Å². The maximum Gasteiger partial charge on any atom is 0.331 e. The topological polar surface area (TPSA) is 68.2 Å². The number of carboxylic acid groups (broad SMARTS) is 1. The molecule has 0 fully saturated rings. The van der Waals surface area contributed by atoms with Gasteiger partial charge in [0.15, 0.2) is 0 Å². The highest BCUT2D eigenvalue weighted by molar-refractivity contribution is 5.94. The number of aliphatic carboxylic acids is 1. The molecule has 6 nitrogen and oxygen atoms in total. The highest BCUT2D eigenvalue weighted by Crippen LogP contribution is 2.34. The summed E-state index contributed by atoms with van der Waals surface area (Å²) in [6.07, 6.45) is 4.48. The van der Waals surface area contributed by atoms with E-state index in [1.54, 1.807) is 7.11 Å². The van der Waals surface area contributed by atoms with Gasteiger partial charge in [0.1, 0.15) is 18.1 Å². The largest absolute Gasteiger partial charge is 0.497 e. The Morgan fingerprint density at radius 2 is 1.65 bits per heavy atom. The number of carboxylic acids is 1. The van der Waals surface area contributed by atoms with Crippen molar-refractivity contribution in [3.8, 4) is 22.6 Å². The fourth-order valence-corrected chi connectivity index (χ4v) is 4.37. The summed E-state index contributed by atoms with van der Waals surface area (Å²) >= 11 is 0. The Bertz CT molecular complexity index is 1200. The summed E-state index contributed by atoms with van der Waals surface area (Å²) in [4.78, 5) is 14.1. The molecule has 37 heavy (non-hydrogen) atoms. The molecular formula is C31H35NO5. The first-order valence-electron chi connectivity index (χ1n) is 12.8. The Kier molecular flexibility index (Phi) is 9.22. The van der Waals surface area contributed by atoms with E-state index in [1.165, 1.54) is 0 Å². The molecule has 0 radical (unpaired) electrons. The summed E-state index contributed by atoms with van der Waals surface area (Å²) in [5.41, 5.74) is 5.57. The van der Waals surface area contributed by atoms with Crippen LogP contribution in [0.1, 0.15) is 37.3 Å². The van der Waals surface area contributed by atoms with E-state index in [-0.39, 0.29) is 0 Å². The quantitative estimate of drug-likeness (QED) is 0.288. The van der Waals surface area contributed by atoms with Crippen molar-refractivity contribution in [3.05, 3.63) is 83.4 Å². The molecule has 6 heteroatoms. The minimum atomic E-state index is -0.872. The van der Waals surface area contributed by atoms with Gasteiger partial charge in [-0.05, 0) is 77.6 Å². The lowest BCUT2D eigenvalue weighted by atomic mass is 10.00. The van der Waals surface area contributed by atoms with Gasteiger partial charge in [-0.3, -0.25) is 0 Å². The van der Waals surface area contributed by atoms with Crippen molar-refractivity contribution in [1.82, 2.24) is 0 Å². The van der Waals surface area contributed by atoms with Crippen LogP contribution in [0.2, 0.25) is 0 Å². The van der Waals surface area contributed by atoms with Crippen LogP contribution in [-0.4, -0.2) is 44.6 Å². The zero-order valence-electron chi connectivity index (χ0n) is 21.6. The van der Waals surface area contributed by atoms with Crippen molar-refractivity contribution >= 4 is 17.7 Å². The summed E-state index contributed by atoms with van der Waals surface area (Å²) in [5.74, 6) is 0.746. The lowest BCUT2D eigenvalue weighted by molar-refractivity contribution is -0.132. The molecule has 0 aromatic heterocycles. The number of hydrogen-bond acceptors (Lipinski definition) is 5. The van der Waals surface area contributed by atoms with Crippen LogP contribution in [-0.2, 0) is 16.1 Å². The van der Waals surface area contributed by atoms with Crippen molar-refractivity contribution in [2.45, 2.75) is 32.7 Å². The Hall–Kier alpha value is -3.77. The molecule has 0 aliphatic carbocycles. The zero-order chi connectivity index (χ0) is 26.0. The van der Waals surface area contributed by atoms with Crippen LogP contribution in [0.4, 0.5) is 5.69 Å². The molecular weight excluding hydrogens is 466 g/mol. The Morgan fingerprint density at radius 3 is 2.35 bits per heavy atom. The summed E-state index contributed by atoms with van der Waals surface area (Å²) in [7, 11) is 1.65. The molecule has 0 saturated heterocycles. The summed E-state index contributed by atoms with van der Waals surface area (Å²) in [6, 6.07) is 22.2. The van der Waals surface area contributed by atoms with Crippen LogP contribution in [0.3, 0.4) is 0 Å². The standard InChI is InChI=1S/C31H35NO5/c1-3-4-17-36-18-19-37-29-12-7-24(8-13-29)25-9-14-30-27(20-25)21-26(31(33)34)15-16-32(30)22-23-5-10-28(35-2)11-6-23/h5-14,20-21H,3-4,15-19,22H2,1-2H3,(H,33,34). The molecule has 1 heterocycles. The van der Waals surface area contributed by atoms with Gasteiger partial charge in [0, 0.05) is 31.0 Å². The lowest BCUT2D eigenvalue weighted by Crippen LogP contribution is -2.24. The first-order valence-corrected chi connectivity index (χ1v) is 12.8. The first kappa shape index (κ1) is 26.3. The molecule has 0 atom stereocenters. The first-order chi connectivity index (χ1) is 18.1. The molecule has 0 saturated carbocycles. The Labute approximate surface area is 219 Å². The van der Waals surface area contributed by atoms with Gasteiger partial charge >= 0.3 is 5.97 Å². The maximum absolute atomic E-state index is 11.9. The Balaban J connectivity index is 1.51. The van der Waals surface area contributed by atoms with Crippen LogP contribution in [0.5, 0.6) is 11.5 Å². The smallest absolute Gasteiger partial charge is 0.331 e. The fourth-order valence-electron chi connectivity index (χ4n) is 4.37. The van der Waals surface area contributed by atoms with Gasteiger partial charge in [-0.25, -0.2) is 4.79 Å². The SMILES string of the molecule is CCCCOCCOc1ccc(-c2ccc3c(c2)C=C(C(=O)O)CCN3Cc2ccc(OC)cc2)cc1. The third-order valence-corrected chi connectivity index (χ3v) is 6.48. The normalized spacial score (nSPS) is 12.9. The summed E-state index contributed by atoms with van der Waals surface area (Å²) in [5, 5.41) is 9.75. The maximum atomic E-state index is 11.9. The van der Waals surface area contributed by atoms with Crippen LogP contribution in [0, 0.1) is 0 Å². The van der Waals surface area contributed by atoms with Crippen molar-refractivity contribution < 1.29 is 24.1 Å². The minimum Gasteiger partial charge on any atom is -0.497 e. The van der Waals surface area contributed by atoms with E-state index in [1.807, 2.05) is 54.6 Å². The lowest BCUT2D eigenvalue weighted by Gasteiger charge is -2.25. The van der Waals surface area contributed by atoms with Crippen LogP contribution < -0.4 is 14.4 Å². The second-order valence-corrected chi connectivity index (χ2v) is 9.11. The number of methoxy groups -OCH3 is 1. The number of hydrogen-bond donors (Lipinski definition) is 1. The number of nitrogens with zero attached hydrogens (tertiary/aromatic N) is 1. The number of fused-ring (bicyclic) bond motifs is 1. The number of unbranched alkanes of at least 4 members (excludes halogenated alkanes) is 1. The summed E-state index contributed by atoms with van der Waals surface area (Å²) < 4.78 is 16.6. The molecule has 3 aromatic carbocycles. The van der Waals surface area contributed by atoms with Gasteiger partial charge in [0.05, 0.1) is 13.7 Å². The zero-order valence-corrected chi connectivity index (χ0v) is 21.6. The van der Waals surface area contributed by atoms with Gasteiger partial charge in [0.25, 0.3) is 0 Å². The predicted octanol–water partition coefficient (Wildman–Crippen LogP) is 6.44. The molecule has 3 aromatic rings. The molecule has 0 bridgehead atoms. The van der Waals surface area contributed by atoms with Gasteiger partial charge in [0.2, 0.25) is 0 Å². The third kappa shape index (κ3) is 7.14. The molecule has 1 aliphatic rings. The van der Waals surface area contributed by atoms with Crippen LogP contribution in [0.15, 0.2) is 72.3 Å². The molecule has 194 valence electrons. The fraction of sp³-hybridized carbons (Fsp3) is 0.323. The van der Waals surface area contributed by atoms with E-state index in [9.17, 15) is 9.90 Å². The average molecular weight is 502 g/mol. The number of carbonyl (C=O) groups is 1. The van der Waals surface area contributed by atoms with E-state index >= 15 is 0 Å². The van der Waals surface area contributed by atoms with Crippen LogP contribution >= 0.6 is 0 Å². The molecule has 0 unspecified atom stereocenters. The third-order valence-electron chi connectivity index (χ3n) is 6.48. The molecule has 0 spiro atoms. The minimum absolute atomic E-state index is 0.417. The highest BCUT2D eigenvalue weighted by Gasteiger charge is 2.20. The number of rotatable bonds is 12. The second kappa shape index (κ2) is 13.0. The second-order valence-electron chi connectivity index (χ2n) is 9.11. The van der Waals surface area contributed by atoms with E-state index < -0.39 is 5.97 Å². The number of benzene rings is 3. The molecule has 1 N–H and O–H groups in total. The van der Waals surface area contributed by atoms with Crippen LogP contribution in [0.25, 0.3) is 17.2 Å². The monoisotopic (exact) mass is 501 g/mol. The van der Waals surface area contributed by atoms with E-state index in [0.29, 0.717) is 38.3 Å². The van der Waals surface area contributed by atoms with Crippen molar-refractivity contribution in [1.29, 1.82) is 0 Å². The van der Waals surface area contributed by atoms with Crippen molar-refractivity contribution in [2.75, 3.05) is 38.4 Å². The van der Waals surface area contributed by atoms with E-state index in [0.717, 1.165) is 58.9 Å². The van der Waals surface area contributed by atoms with Gasteiger partial charge in [-0.1, -0.05) is 43.7 Å². The highest BCUT2D eigenvalue weighted by atomic mass is 16.5. The molecule has 0 amide bonds. The van der Waals surface area contributed by atoms with Gasteiger partial charge < -0.3 is 24.2 Å². The molecule has 1 aliphatic heterocycles. The summed E-state index contributed by atoms with van der Waals surface area (Å²) in [6.45, 7) is 5.33. The predicted molar refractivity (Wildman–Crippen MR) is 147 cm³/mol. The number of ether oxygens (including phenoxy) is 3. The van der Waals surface area contributed by atoms with Gasteiger partial charge in [-0.15, -0.1) is 0 Å². The van der Waals surface area contributed by atoms with Crippen molar-refractivity contribution in [3.63, 3.8) is 0 Å². The number of anilines is 1. The Morgan fingerprint density at radius 1 is 0.919 bits per heavy atom. The average Bonchev–Trinajstić information content (AvgIpc) is 3.10. The molecule has 4 rings (SSSR count). The van der Waals surface area contributed by atoms with E-state index in [2.05, 4.69) is 30.0 Å². The van der Waals surface area contributed by atoms with Crippen molar-refractivity contribution in [2.24, 2.45) is 0 Å².